The number of halogens is 3. The maximum absolute atomic E-state index is 13.4. The number of hydrogen-bond acceptors (Lipinski definition) is 5. The molecule has 1 heterocycles. The Morgan fingerprint density at radius 2 is 1.54 bits per heavy atom. The minimum absolute atomic E-state index is 0.0390. The van der Waals surface area contributed by atoms with E-state index in [1.165, 1.54) is 6.26 Å². The van der Waals surface area contributed by atoms with Gasteiger partial charge in [-0.25, -0.2) is 13.2 Å². The number of hydrogen-bond donors (Lipinski definition) is 0. The molecule has 4 fully saturated rings. The largest absolute Gasteiger partial charge is 0.446 e. The van der Waals surface area contributed by atoms with E-state index in [0.717, 1.165) is 25.7 Å². The SMILES string of the molecule is CC(=O)N1C2CCC(C3CCC(S(C)(=O)=O)CC3)CC2N(C(=O)OC2CCCC(C(F)(F)F)C2)C[C@@H]1C. The van der Waals surface area contributed by atoms with E-state index < -0.39 is 34.1 Å². The van der Waals surface area contributed by atoms with Gasteiger partial charge in [-0.15, -0.1) is 0 Å². The minimum Gasteiger partial charge on any atom is -0.446 e. The number of ether oxygens (including phenoxy) is 1. The normalized spacial score (nSPS) is 37.6. The van der Waals surface area contributed by atoms with Gasteiger partial charge >= 0.3 is 12.3 Å². The van der Waals surface area contributed by atoms with Crippen molar-refractivity contribution in [2.45, 2.75) is 120 Å². The maximum Gasteiger partial charge on any atom is 0.410 e. The van der Waals surface area contributed by atoms with Crippen molar-refractivity contribution in [3.63, 3.8) is 0 Å². The summed E-state index contributed by atoms with van der Waals surface area (Å²) in [6, 6.07) is -0.602. The van der Waals surface area contributed by atoms with Crippen LogP contribution in [0.4, 0.5) is 18.0 Å². The topological polar surface area (TPSA) is 84.0 Å². The maximum atomic E-state index is 13.4. The molecule has 5 unspecified atom stereocenters. The molecule has 6 atom stereocenters. The van der Waals surface area contributed by atoms with Crippen molar-refractivity contribution in [3.05, 3.63) is 0 Å². The highest BCUT2D eigenvalue weighted by molar-refractivity contribution is 7.91. The van der Waals surface area contributed by atoms with E-state index in [2.05, 4.69) is 0 Å². The summed E-state index contributed by atoms with van der Waals surface area (Å²) in [4.78, 5) is 29.5. The predicted molar refractivity (Wildman–Crippen MR) is 132 cm³/mol. The number of amides is 2. The molecule has 3 aliphatic carbocycles. The summed E-state index contributed by atoms with van der Waals surface area (Å²) in [5.41, 5.74) is 0. The van der Waals surface area contributed by atoms with Crippen LogP contribution in [-0.4, -0.2) is 78.7 Å². The molecule has 4 rings (SSSR count). The zero-order chi connectivity index (χ0) is 27.1. The highest BCUT2D eigenvalue weighted by Gasteiger charge is 2.49. The number of nitrogens with zero attached hydrogens (tertiary/aromatic N) is 2. The van der Waals surface area contributed by atoms with Crippen LogP contribution in [0.2, 0.25) is 0 Å². The van der Waals surface area contributed by atoms with Gasteiger partial charge in [0.05, 0.1) is 23.3 Å². The number of carbonyl (C=O) groups is 2. The van der Waals surface area contributed by atoms with Crippen molar-refractivity contribution < 1.29 is 35.9 Å². The second-order valence-electron chi connectivity index (χ2n) is 11.9. The van der Waals surface area contributed by atoms with Crippen LogP contribution >= 0.6 is 0 Å². The van der Waals surface area contributed by atoms with Crippen LogP contribution < -0.4 is 0 Å². The second kappa shape index (κ2) is 10.9. The Bertz CT molecular complexity index is 950. The monoisotopic (exact) mass is 550 g/mol. The molecule has 11 heteroatoms. The van der Waals surface area contributed by atoms with E-state index in [1.54, 1.807) is 11.8 Å². The third-order valence-corrected chi connectivity index (χ3v) is 11.1. The van der Waals surface area contributed by atoms with Gasteiger partial charge in [0.1, 0.15) is 15.9 Å². The number of piperazine rings is 1. The van der Waals surface area contributed by atoms with E-state index in [4.69, 9.17) is 4.74 Å². The Morgan fingerprint density at radius 3 is 2.14 bits per heavy atom. The number of alkyl halides is 3. The zero-order valence-electron chi connectivity index (χ0n) is 22.1. The smallest absolute Gasteiger partial charge is 0.410 e. The lowest BCUT2D eigenvalue weighted by Crippen LogP contribution is -2.67. The molecule has 0 spiro atoms. The Hall–Kier alpha value is -1.52. The van der Waals surface area contributed by atoms with Gasteiger partial charge in [0.2, 0.25) is 5.91 Å². The first-order valence-electron chi connectivity index (χ1n) is 13.8. The first kappa shape index (κ1) is 28.5. The summed E-state index contributed by atoms with van der Waals surface area (Å²) in [5.74, 6) is -0.805. The summed E-state index contributed by atoms with van der Waals surface area (Å²) in [6.07, 6.45) is 1.69. The fraction of sp³-hybridized carbons (Fsp3) is 0.923. The van der Waals surface area contributed by atoms with Crippen LogP contribution in [0.3, 0.4) is 0 Å². The molecule has 37 heavy (non-hydrogen) atoms. The average molecular weight is 551 g/mol. The van der Waals surface area contributed by atoms with Crippen molar-refractivity contribution >= 4 is 21.8 Å². The van der Waals surface area contributed by atoms with Crippen molar-refractivity contribution in [3.8, 4) is 0 Å². The van der Waals surface area contributed by atoms with Gasteiger partial charge in [0.15, 0.2) is 0 Å². The molecule has 212 valence electrons. The molecule has 0 bridgehead atoms. The van der Waals surface area contributed by atoms with Gasteiger partial charge in [-0.2, -0.15) is 13.2 Å². The summed E-state index contributed by atoms with van der Waals surface area (Å²) >= 11 is 0. The molecule has 0 aromatic carbocycles. The van der Waals surface area contributed by atoms with Crippen molar-refractivity contribution in [1.29, 1.82) is 0 Å². The Labute approximate surface area is 218 Å². The lowest BCUT2D eigenvalue weighted by atomic mass is 9.69. The van der Waals surface area contributed by atoms with E-state index in [9.17, 15) is 31.2 Å². The molecule has 0 N–H and O–H groups in total. The van der Waals surface area contributed by atoms with Crippen molar-refractivity contribution in [1.82, 2.24) is 9.80 Å². The van der Waals surface area contributed by atoms with E-state index in [-0.39, 0.29) is 42.1 Å². The minimum atomic E-state index is -4.29. The van der Waals surface area contributed by atoms with Gasteiger partial charge in [-0.3, -0.25) is 4.79 Å². The fourth-order valence-electron chi connectivity index (χ4n) is 7.59. The molecule has 4 aliphatic rings. The van der Waals surface area contributed by atoms with Crippen LogP contribution in [-0.2, 0) is 19.4 Å². The summed E-state index contributed by atoms with van der Waals surface area (Å²) < 4.78 is 69.5. The van der Waals surface area contributed by atoms with E-state index >= 15 is 0 Å². The molecule has 3 saturated carbocycles. The first-order valence-corrected chi connectivity index (χ1v) is 15.7. The van der Waals surface area contributed by atoms with Crippen LogP contribution in [0.25, 0.3) is 0 Å². The van der Waals surface area contributed by atoms with Crippen molar-refractivity contribution in [2.24, 2.45) is 17.8 Å². The van der Waals surface area contributed by atoms with Gasteiger partial charge in [-0.1, -0.05) is 0 Å². The van der Waals surface area contributed by atoms with Crippen LogP contribution in [0.5, 0.6) is 0 Å². The predicted octanol–water partition coefficient (Wildman–Crippen LogP) is 4.94. The van der Waals surface area contributed by atoms with Crippen molar-refractivity contribution in [2.75, 3.05) is 12.8 Å². The average Bonchev–Trinajstić information content (AvgIpc) is 2.82. The number of rotatable bonds is 3. The summed E-state index contributed by atoms with van der Waals surface area (Å²) in [6.45, 7) is 3.73. The molecule has 0 aromatic rings. The third kappa shape index (κ3) is 6.38. The molecule has 7 nitrogen and oxygen atoms in total. The summed E-state index contributed by atoms with van der Waals surface area (Å²) in [5, 5.41) is -0.286. The quantitative estimate of drug-likeness (QED) is 0.497. The Morgan fingerprint density at radius 1 is 0.892 bits per heavy atom. The standard InChI is InChI=1S/C26H41F3N2O5S/c1-16-15-30(25(33)36-21-6-4-5-20(14-21)26(27,28)29)24-13-19(9-12-23(24)31(16)17(2)32)18-7-10-22(11-8-18)37(3,34)35/h16,18-24H,4-15H2,1-3H3/t16-,18?,19?,20?,21?,22?,23?,24?/m0/s1. The van der Waals surface area contributed by atoms with Gasteiger partial charge in [0, 0.05) is 25.8 Å². The lowest BCUT2D eigenvalue weighted by molar-refractivity contribution is -0.190. The lowest BCUT2D eigenvalue weighted by Gasteiger charge is -2.54. The fourth-order valence-corrected chi connectivity index (χ4v) is 8.71. The van der Waals surface area contributed by atoms with E-state index in [1.807, 2.05) is 11.8 Å². The molecule has 1 saturated heterocycles. The highest BCUT2D eigenvalue weighted by atomic mass is 32.2. The Kier molecular flexibility index (Phi) is 8.41. The third-order valence-electron chi connectivity index (χ3n) is 9.46. The van der Waals surface area contributed by atoms with E-state index in [0.29, 0.717) is 50.5 Å². The molecule has 1 aliphatic heterocycles. The molecular weight excluding hydrogens is 509 g/mol. The molecule has 2 amide bonds. The highest BCUT2D eigenvalue weighted by Crippen LogP contribution is 2.44. The number of sulfone groups is 1. The first-order chi connectivity index (χ1) is 17.3. The molecule has 0 radical (unpaired) electrons. The van der Waals surface area contributed by atoms with Gasteiger partial charge in [-0.05, 0) is 89.4 Å². The Balaban J connectivity index is 1.46. The number of carbonyl (C=O) groups excluding carboxylic acids is 2. The van der Waals surface area contributed by atoms with Crippen LogP contribution in [0.1, 0.15) is 84.5 Å². The van der Waals surface area contributed by atoms with Gasteiger partial charge in [0.25, 0.3) is 0 Å². The van der Waals surface area contributed by atoms with Crippen LogP contribution in [0, 0.1) is 17.8 Å². The van der Waals surface area contributed by atoms with Crippen LogP contribution in [0.15, 0.2) is 0 Å². The zero-order valence-corrected chi connectivity index (χ0v) is 22.9. The second-order valence-corrected chi connectivity index (χ2v) is 14.2. The molecule has 0 aromatic heterocycles. The summed E-state index contributed by atoms with van der Waals surface area (Å²) in [7, 11) is -3.05. The number of fused-ring (bicyclic) bond motifs is 1. The molecular formula is C26H41F3N2O5S. The van der Waals surface area contributed by atoms with Gasteiger partial charge < -0.3 is 14.5 Å².